The topological polar surface area (TPSA) is 132 Å². The van der Waals surface area contributed by atoms with Crippen molar-refractivity contribution in [3.8, 4) is 36.0 Å². The minimum absolute atomic E-state index is 0.199. The molecule has 0 bridgehead atoms. The molecule has 0 amide bonds. The molecule has 0 fully saturated rings. The van der Waals surface area contributed by atoms with Gasteiger partial charge in [-0.05, 0) is 84.0 Å². The Morgan fingerprint density at radius 1 is 0.628 bits per heavy atom. The molecule has 0 saturated carbocycles. The molecule has 0 heterocycles. The van der Waals surface area contributed by atoms with Crippen molar-refractivity contribution >= 4 is 29.8 Å². The van der Waals surface area contributed by atoms with Gasteiger partial charge in [0.25, 0.3) is 0 Å². The van der Waals surface area contributed by atoms with Gasteiger partial charge in [0, 0.05) is 5.92 Å². The van der Waals surface area contributed by atoms with Gasteiger partial charge in [-0.3, -0.25) is 24.0 Å². The first-order valence-corrected chi connectivity index (χ1v) is 13.7. The molecule has 0 aliphatic carbocycles. The lowest BCUT2D eigenvalue weighted by molar-refractivity contribution is -0.162. The van der Waals surface area contributed by atoms with E-state index in [9.17, 15) is 24.0 Å². The van der Waals surface area contributed by atoms with E-state index in [4.69, 9.17) is 25.4 Å². The second kappa shape index (κ2) is 19.3. The van der Waals surface area contributed by atoms with Crippen LogP contribution in [0.15, 0.2) is 0 Å². The van der Waals surface area contributed by atoms with E-state index in [0.29, 0.717) is 12.8 Å². The molecule has 0 aromatic rings. The van der Waals surface area contributed by atoms with Crippen LogP contribution in [0.5, 0.6) is 0 Å². The lowest BCUT2D eigenvalue weighted by atomic mass is 9.70. The molecule has 240 valence electrons. The number of ether oxygens (including phenoxy) is 5. The van der Waals surface area contributed by atoms with Gasteiger partial charge in [0.15, 0.2) is 0 Å². The highest BCUT2D eigenvalue weighted by Gasteiger charge is 2.45. The van der Waals surface area contributed by atoms with Crippen LogP contribution in [0.4, 0.5) is 0 Å². The molecule has 0 aromatic heterocycles. The first kappa shape index (κ1) is 41.2. The Morgan fingerprint density at radius 2 is 1.09 bits per heavy atom. The summed E-state index contributed by atoms with van der Waals surface area (Å²) in [5.74, 6) is 9.84. The lowest BCUT2D eigenvalue weighted by Gasteiger charge is -2.34. The normalized spacial score (nSPS) is 13.9. The maximum Gasteiger partial charge on any atom is 0.311 e. The van der Waals surface area contributed by atoms with Crippen LogP contribution in [0.3, 0.4) is 0 Å². The Balaban J connectivity index is 0. The molecule has 10 nitrogen and oxygen atoms in total. The van der Waals surface area contributed by atoms with Crippen LogP contribution in [0, 0.1) is 70.0 Å². The third-order valence-electron chi connectivity index (χ3n) is 6.82. The minimum Gasteiger partial charge on any atom is -0.469 e. The maximum absolute atomic E-state index is 12.1. The van der Waals surface area contributed by atoms with Gasteiger partial charge in [-0.25, -0.2) is 0 Å². The first-order chi connectivity index (χ1) is 19.8. The average molecular weight is 605 g/mol. The molecule has 0 N–H and O–H groups in total. The zero-order valence-corrected chi connectivity index (χ0v) is 27.7. The second-order valence-electron chi connectivity index (χ2n) is 11.8. The predicted molar refractivity (Wildman–Crippen MR) is 160 cm³/mol. The van der Waals surface area contributed by atoms with Crippen molar-refractivity contribution in [3.63, 3.8) is 0 Å². The zero-order valence-electron chi connectivity index (χ0n) is 27.7. The SMILES string of the molecule is C#CC#CC#CC(CC(C)C(=O)OC)CC(C)(C)C(=O)OC.COC(=O)C(C)CC(C)(CC(C)(C)C(=O)OC)C(=O)OC. The van der Waals surface area contributed by atoms with Crippen molar-refractivity contribution in [2.45, 2.75) is 74.1 Å². The van der Waals surface area contributed by atoms with E-state index >= 15 is 0 Å². The molecule has 10 heteroatoms. The number of hydrogen-bond donors (Lipinski definition) is 0. The van der Waals surface area contributed by atoms with Crippen LogP contribution in [0.2, 0.25) is 0 Å². The number of methoxy groups -OCH3 is 5. The average Bonchev–Trinajstić information content (AvgIpc) is 2.96. The molecule has 43 heavy (non-hydrogen) atoms. The first-order valence-electron chi connectivity index (χ1n) is 13.7. The molecule has 0 spiro atoms. The fraction of sp³-hybridized carbons (Fsp3) is 0.667. The van der Waals surface area contributed by atoms with E-state index < -0.39 is 40.1 Å². The summed E-state index contributed by atoms with van der Waals surface area (Å²) in [6.07, 6.45) is 6.39. The molecular formula is C33H48O10. The summed E-state index contributed by atoms with van der Waals surface area (Å²) in [6.45, 7) is 12.1. The monoisotopic (exact) mass is 604 g/mol. The van der Waals surface area contributed by atoms with Gasteiger partial charge in [0.05, 0.1) is 63.6 Å². The van der Waals surface area contributed by atoms with Crippen molar-refractivity contribution in [1.82, 2.24) is 0 Å². The van der Waals surface area contributed by atoms with Gasteiger partial charge in [0.1, 0.15) is 0 Å². The van der Waals surface area contributed by atoms with Crippen molar-refractivity contribution in [2.75, 3.05) is 35.5 Å². The fourth-order valence-corrected chi connectivity index (χ4v) is 4.86. The third kappa shape index (κ3) is 14.7. The van der Waals surface area contributed by atoms with E-state index in [2.05, 4.69) is 34.3 Å². The van der Waals surface area contributed by atoms with Crippen LogP contribution in [0.1, 0.15) is 74.1 Å². The summed E-state index contributed by atoms with van der Waals surface area (Å²) >= 11 is 0. The molecule has 0 saturated heterocycles. The van der Waals surface area contributed by atoms with Crippen LogP contribution < -0.4 is 0 Å². The van der Waals surface area contributed by atoms with Crippen LogP contribution in [-0.2, 0) is 47.7 Å². The standard InChI is InChI=1S/C18H22O4.C15H26O6/c1-7-8-9-10-11-15(12-14(2)16(19)21-5)13-18(3,4)17(20)22-6;1-10(11(16)19-5)8-15(4,13(18)21-7)9-14(2,3)12(17)20-6/h1,14-15H,12-13H2,2-6H3;10H,8-9H2,1-7H3. The number of carbonyl (C=O) groups excluding carboxylic acids is 5. The van der Waals surface area contributed by atoms with E-state index in [1.54, 1.807) is 48.5 Å². The quantitative estimate of drug-likeness (QED) is 0.173. The van der Waals surface area contributed by atoms with Crippen molar-refractivity contribution in [1.29, 1.82) is 0 Å². The van der Waals surface area contributed by atoms with Gasteiger partial charge in [-0.1, -0.05) is 19.8 Å². The summed E-state index contributed by atoms with van der Waals surface area (Å²) in [6, 6.07) is 0. The summed E-state index contributed by atoms with van der Waals surface area (Å²) < 4.78 is 23.8. The second-order valence-corrected chi connectivity index (χ2v) is 11.8. The van der Waals surface area contributed by atoms with E-state index in [1.807, 2.05) is 0 Å². The Bertz CT molecular complexity index is 1140. The highest BCUT2D eigenvalue weighted by molar-refractivity contribution is 5.81. The maximum atomic E-state index is 12.1. The van der Waals surface area contributed by atoms with Crippen LogP contribution in [0.25, 0.3) is 0 Å². The Hall–Kier alpha value is -3.97. The molecule has 4 atom stereocenters. The molecule has 0 aromatic carbocycles. The Labute approximate surface area is 257 Å². The number of rotatable bonds is 13. The molecule has 0 radical (unpaired) electrons. The number of terminal acetylenes is 1. The number of esters is 5. The minimum atomic E-state index is -0.986. The van der Waals surface area contributed by atoms with E-state index in [0.717, 1.165) is 0 Å². The summed E-state index contributed by atoms with van der Waals surface area (Å²) in [7, 11) is 6.58. The molecule has 0 rings (SSSR count). The van der Waals surface area contributed by atoms with Crippen molar-refractivity contribution in [2.24, 2.45) is 34.0 Å². The van der Waals surface area contributed by atoms with Crippen molar-refractivity contribution < 1.29 is 47.7 Å². The molecule has 0 aliphatic rings. The molecule has 4 unspecified atom stereocenters. The summed E-state index contributed by atoms with van der Waals surface area (Å²) in [5, 5.41) is 0. The van der Waals surface area contributed by atoms with Gasteiger partial charge in [-0.2, -0.15) is 0 Å². The smallest absolute Gasteiger partial charge is 0.311 e. The number of carbonyl (C=O) groups is 5. The fourth-order valence-electron chi connectivity index (χ4n) is 4.86. The highest BCUT2D eigenvalue weighted by Crippen LogP contribution is 2.40. The number of hydrogen-bond acceptors (Lipinski definition) is 10. The zero-order chi connectivity index (χ0) is 34.0. The Morgan fingerprint density at radius 3 is 1.53 bits per heavy atom. The van der Waals surface area contributed by atoms with Crippen molar-refractivity contribution in [3.05, 3.63) is 0 Å². The van der Waals surface area contributed by atoms with Gasteiger partial charge in [0.2, 0.25) is 0 Å². The highest BCUT2D eigenvalue weighted by atomic mass is 16.5. The molecular weight excluding hydrogens is 556 g/mol. The van der Waals surface area contributed by atoms with E-state index in [1.165, 1.54) is 35.5 Å². The van der Waals surface area contributed by atoms with E-state index in [-0.39, 0.29) is 36.6 Å². The predicted octanol–water partition coefficient (Wildman–Crippen LogP) is 3.99. The summed E-state index contributed by atoms with van der Waals surface area (Å²) in [4.78, 5) is 58.9. The van der Waals surface area contributed by atoms with Gasteiger partial charge in [-0.15, -0.1) is 6.42 Å². The molecule has 0 aliphatic heterocycles. The lowest BCUT2D eigenvalue weighted by Crippen LogP contribution is -2.40. The Kier molecular flexibility index (Phi) is 18.4. The summed E-state index contributed by atoms with van der Waals surface area (Å²) in [5.41, 5.74) is -2.56. The van der Waals surface area contributed by atoms with Gasteiger partial charge < -0.3 is 23.7 Å². The largest absolute Gasteiger partial charge is 0.469 e. The van der Waals surface area contributed by atoms with Crippen LogP contribution >= 0.6 is 0 Å². The van der Waals surface area contributed by atoms with Crippen LogP contribution in [-0.4, -0.2) is 65.4 Å². The van der Waals surface area contributed by atoms with Gasteiger partial charge >= 0.3 is 29.8 Å². The third-order valence-corrected chi connectivity index (χ3v) is 6.82.